The van der Waals surface area contributed by atoms with Crippen LogP contribution in [0.3, 0.4) is 0 Å². The smallest absolute Gasteiger partial charge is 0.337 e. The molecule has 0 bridgehead atoms. The Morgan fingerprint density at radius 3 is 2.32 bits per heavy atom. The molecule has 0 unspecified atom stereocenters. The van der Waals surface area contributed by atoms with Crippen molar-refractivity contribution in [3.63, 3.8) is 0 Å². The highest BCUT2D eigenvalue weighted by Crippen LogP contribution is 2.34. The lowest BCUT2D eigenvalue weighted by Crippen LogP contribution is -2.17. The van der Waals surface area contributed by atoms with Gasteiger partial charge in [0.1, 0.15) is 0 Å². The number of hydrogen-bond acceptors (Lipinski definition) is 4. The van der Waals surface area contributed by atoms with Crippen molar-refractivity contribution >= 4 is 17.6 Å². The Bertz CT molecular complexity index is 564. The van der Waals surface area contributed by atoms with E-state index in [2.05, 4.69) is 5.32 Å². The number of aromatic carboxylic acids is 1. The van der Waals surface area contributed by atoms with E-state index in [-0.39, 0.29) is 17.2 Å². The fourth-order valence-corrected chi connectivity index (χ4v) is 2.84. The summed E-state index contributed by atoms with van der Waals surface area (Å²) in [5.41, 5.74) is 0.213. The normalized spacial score (nSPS) is 14.6. The first-order chi connectivity index (χ1) is 10.5. The Hall–Kier alpha value is -2.24. The maximum absolute atomic E-state index is 12.1. The van der Waals surface area contributed by atoms with Gasteiger partial charge in [0, 0.05) is 18.6 Å². The molecule has 1 aliphatic rings. The molecule has 0 spiro atoms. The molecule has 1 aromatic rings. The van der Waals surface area contributed by atoms with Crippen LogP contribution in [-0.4, -0.2) is 31.2 Å². The van der Waals surface area contributed by atoms with Crippen LogP contribution >= 0.6 is 0 Å². The molecule has 1 aromatic carbocycles. The summed E-state index contributed by atoms with van der Waals surface area (Å²) in [5.74, 6) is -0.204. The van der Waals surface area contributed by atoms with Crippen LogP contribution < -0.4 is 14.8 Å². The van der Waals surface area contributed by atoms with Crippen LogP contribution in [0.15, 0.2) is 12.1 Å². The monoisotopic (exact) mass is 307 g/mol. The second kappa shape index (κ2) is 7.15. The van der Waals surface area contributed by atoms with Crippen LogP contribution in [0.5, 0.6) is 11.5 Å². The van der Waals surface area contributed by atoms with Gasteiger partial charge >= 0.3 is 5.97 Å². The molecule has 0 aromatic heterocycles. The molecule has 120 valence electrons. The summed E-state index contributed by atoms with van der Waals surface area (Å²) in [5, 5.41) is 12.0. The predicted molar refractivity (Wildman–Crippen MR) is 81.7 cm³/mol. The second-order valence-corrected chi connectivity index (χ2v) is 5.46. The summed E-state index contributed by atoms with van der Waals surface area (Å²) >= 11 is 0. The molecule has 6 heteroatoms. The number of rotatable bonds is 6. The first-order valence-electron chi connectivity index (χ1n) is 7.34. The van der Waals surface area contributed by atoms with Crippen molar-refractivity contribution in [2.75, 3.05) is 19.5 Å². The fourth-order valence-electron chi connectivity index (χ4n) is 2.84. The lowest BCUT2D eigenvalue weighted by atomic mass is 10.0. The van der Waals surface area contributed by atoms with Crippen molar-refractivity contribution in [1.82, 2.24) is 0 Å². The van der Waals surface area contributed by atoms with Gasteiger partial charge in [-0.25, -0.2) is 4.79 Å². The third kappa shape index (κ3) is 3.69. The summed E-state index contributed by atoms with van der Waals surface area (Å²) in [4.78, 5) is 23.5. The number of methoxy groups -OCH3 is 2. The first kappa shape index (κ1) is 16.1. The second-order valence-electron chi connectivity index (χ2n) is 5.46. The minimum atomic E-state index is -1.13. The van der Waals surface area contributed by atoms with Crippen LogP contribution in [0.1, 0.15) is 42.5 Å². The van der Waals surface area contributed by atoms with Crippen LogP contribution in [0, 0.1) is 5.92 Å². The van der Waals surface area contributed by atoms with Crippen molar-refractivity contribution in [3.05, 3.63) is 17.7 Å². The van der Waals surface area contributed by atoms with Crippen molar-refractivity contribution in [1.29, 1.82) is 0 Å². The van der Waals surface area contributed by atoms with Gasteiger partial charge in [0.15, 0.2) is 11.5 Å². The SMILES string of the molecule is COc1cc(NC(=O)CC2CCCC2)c(C(=O)O)cc1OC. The number of amides is 1. The molecule has 6 nitrogen and oxygen atoms in total. The zero-order chi connectivity index (χ0) is 16.1. The number of carbonyl (C=O) groups excluding carboxylic acids is 1. The molecule has 1 saturated carbocycles. The maximum Gasteiger partial charge on any atom is 0.337 e. The highest BCUT2D eigenvalue weighted by atomic mass is 16.5. The van der Waals surface area contributed by atoms with E-state index < -0.39 is 5.97 Å². The molecule has 0 radical (unpaired) electrons. The molecule has 0 saturated heterocycles. The molecule has 22 heavy (non-hydrogen) atoms. The van der Waals surface area contributed by atoms with E-state index in [0.717, 1.165) is 25.7 Å². The fraction of sp³-hybridized carbons (Fsp3) is 0.500. The summed E-state index contributed by atoms with van der Waals surface area (Å²) in [6.07, 6.45) is 4.87. The number of ether oxygens (including phenoxy) is 2. The number of carboxylic acid groups (broad SMARTS) is 1. The third-order valence-corrected chi connectivity index (χ3v) is 3.98. The van der Waals surface area contributed by atoms with Gasteiger partial charge in [0.2, 0.25) is 5.91 Å². The number of carbonyl (C=O) groups is 2. The van der Waals surface area contributed by atoms with Crippen LogP contribution in [0.4, 0.5) is 5.69 Å². The number of nitrogens with one attached hydrogen (secondary N) is 1. The van der Waals surface area contributed by atoms with E-state index >= 15 is 0 Å². The Kier molecular flexibility index (Phi) is 5.25. The highest BCUT2D eigenvalue weighted by Gasteiger charge is 2.21. The van der Waals surface area contributed by atoms with Crippen LogP contribution in [0.2, 0.25) is 0 Å². The average molecular weight is 307 g/mol. The predicted octanol–water partition coefficient (Wildman–Crippen LogP) is 2.92. The zero-order valence-corrected chi connectivity index (χ0v) is 12.8. The molecule has 2 N–H and O–H groups in total. The van der Waals surface area contributed by atoms with E-state index in [9.17, 15) is 14.7 Å². The number of benzene rings is 1. The Morgan fingerprint density at radius 2 is 1.77 bits per heavy atom. The van der Waals surface area contributed by atoms with Crippen LogP contribution in [0.25, 0.3) is 0 Å². The van der Waals surface area contributed by atoms with Gasteiger partial charge < -0.3 is 19.9 Å². The molecule has 1 fully saturated rings. The molecule has 1 amide bonds. The lowest BCUT2D eigenvalue weighted by Gasteiger charge is -2.15. The molecule has 0 atom stereocenters. The molecular formula is C16H21NO5. The van der Waals surface area contributed by atoms with Crippen molar-refractivity contribution in [2.45, 2.75) is 32.1 Å². The molecule has 0 heterocycles. The number of anilines is 1. The van der Waals surface area contributed by atoms with Crippen molar-refractivity contribution < 1.29 is 24.2 Å². The molecular weight excluding hydrogens is 286 g/mol. The third-order valence-electron chi connectivity index (χ3n) is 3.98. The molecule has 2 rings (SSSR count). The van der Waals surface area contributed by atoms with Gasteiger partial charge in [0.25, 0.3) is 0 Å². The molecule has 1 aliphatic carbocycles. The van der Waals surface area contributed by atoms with Gasteiger partial charge in [-0.15, -0.1) is 0 Å². The van der Waals surface area contributed by atoms with Crippen LogP contribution in [-0.2, 0) is 4.79 Å². The summed E-state index contributed by atoms with van der Waals surface area (Å²) in [7, 11) is 2.89. The van der Waals surface area contributed by atoms with Gasteiger partial charge in [0.05, 0.1) is 25.5 Å². The first-order valence-corrected chi connectivity index (χ1v) is 7.34. The minimum Gasteiger partial charge on any atom is -0.493 e. The quantitative estimate of drug-likeness (QED) is 0.844. The lowest BCUT2D eigenvalue weighted by molar-refractivity contribution is -0.117. The standard InChI is InChI=1S/C16H21NO5/c1-21-13-8-11(16(19)20)12(9-14(13)22-2)17-15(18)7-10-5-3-4-6-10/h8-10H,3-7H2,1-2H3,(H,17,18)(H,19,20). The topological polar surface area (TPSA) is 84.9 Å². The Balaban J connectivity index is 2.20. The van der Waals surface area contributed by atoms with E-state index in [1.54, 1.807) is 0 Å². The largest absolute Gasteiger partial charge is 0.493 e. The summed E-state index contributed by atoms with van der Waals surface area (Å²) in [6.45, 7) is 0. The van der Waals surface area contributed by atoms with E-state index in [1.807, 2.05) is 0 Å². The van der Waals surface area contributed by atoms with Crippen molar-refractivity contribution in [2.24, 2.45) is 5.92 Å². The van der Waals surface area contributed by atoms with Crippen molar-refractivity contribution in [3.8, 4) is 11.5 Å². The highest BCUT2D eigenvalue weighted by molar-refractivity contribution is 6.01. The minimum absolute atomic E-state index is 0.0163. The van der Waals surface area contributed by atoms with E-state index in [4.69, 9.17) is 9.47 Å². The van der Waals surface area contributed by atoms with Gasteiger partial charge in [-0.2, -0.15) is 0 Å². The maximum atomic E-state index is 12.1. The Morgan fingerprint density at radius 1 is 1.18 bits per heavy atom. The number of hydrogen-bond donors (Lipinski definition) is 2. The number of carboxylic acids is 1. The van der Waals surface area contributed by atoms with Gasteiger partial charge in [-0.1, -0.05) is 12.8 Å². The van der Waals surface area contributed by atoms with E-state index in [0.29, 0.717) is 23.8 Å². The Labute approximate surface area is 129 Å². The molecule has 0 aliphatic heterocycles. The van der Waals surface area contributed by atoms with E-state index in [1.165, 1.54) is 26.4 Å². The average Bonchev–Trinajstić information content (AvgIpc) is 2.99. The van der Waals surface area contributed by atoms with Gasteiger partial charge in [-0.05, 0) is 18.8 Å². The zero-order valence-electron chi connectivity index (χ0n) is 12.8. The summed E-state index contributed by atoms with van der Waals surface area (Å²) < 4.78 is 10.3. The van der Waals surface area contributed by atoms with Gasteiger partial charge in [-0.3, -0.25) is 4.79 Å². The summed E-state index contributed by atoms with van der Waals surface area (Å²) in [6, 6.07) is 2.83.